The molecule has 20 heavy (non-hydrogen) atoms. The number of nitrogens with zero attached hydrogens (tertiary/aromatic N) is 2. The normalized spacial score (nSPS) is 16.0. The number of nitrogens with two attached hydrogens (primary N) is 1. The number of hydrogen-bond donors (Lipinski definition) is 1. The predicted molar refractivity (Wildman–Crippen MR) is 76.7 cm³/mol. The SMILES string of the molecule is COC(=O)c1cccc(N2CCCN(C)C(=O)C2)c1N. The van der Waals surface area contributed by atoms with Crippen LogP contribution in [0, 0.1) is 0 Å². The van der Waals surface area contributed by atoms with Gasteiger partial charge in [0.05, 0.1) is 30.6 Å². The summed E-state index contributed by atoms with van der Waals surface area (Å²) in [5.41, 5.74) is 7.45. The number of para-hydroxylation sites is 1. The Labute approximate surface area is 118 Å². The van der Waals surface area contributed by atoms with Crippen molar-refractivity contribution in [1.29, 1.82) is 0 Å². The van der Waals surface area contributed by atoms with Gasteiger partial charge in [0.25, 0.3) is 0 Å². The second-order valence-electron chi connectivity index (χ2n) is 4.82. The molecular weight excluding hydrogens is 258 g/mol. The summed E-state index contributed by atoms with van der Waals surface area (Å²) in [5.74, 6) is -0.423. The van der Waals surface area contributed by atoms with E-state index in [4.69, 9.17) is 10.5 Å². The summed E-state index contributed by atoms with van der Waals surface area (Å²) in [5, 5.41) is 0. The molecule has 1 aromatic rings. The third kappa shape index (κ3) is 2.68. The van der Waals surface area contributed by atoms with E-state index in [9.17, 15) is 9.59 Å². The van der Waals surface area contributed by atoms with Gasteiger partial charge in [0.2, 0.25) is 5.91 Å². The lowest BCUT2D eigenvalue weighted by atomic mass is 10.1. The lowest BCUT2D eigenvalue weighted by Gasteiger charge is -2.24. The first kappa shape index (κ1) is 14.2. The van der Waals surface area contributed by atoms with Gasteiger partial charge in [-0.25, -0.2) is 4.79 Å². The zero-order chi connectivity index (χ0) is 14.7. The Balaban J connectivity index is 2.32. The lowest BCUT2D eigenvalue weighted by Crippen LogP contribution is -2.34. The fourth-order valence-corrected chi connectivity index (χ4v) is 2.31. The highest BCUT2D eigenvalue weighted by Crippen LogP contribution is 2.28. The third-order valence-corrected chi connectivity index (χ3v) is 3.50. The van der Waals surface area contributed by atoms with Crippen LogP contribution in [0.1, 0.15) is 16.8 Å². The van der Waals surface area contributed by atoms with E-state index in [1.54, 1.807) is 24.1 Å². The summed E-state index contributed by atoms with van der Waals surface area (Å²) < 4.78 is 4.71. The number of ether oxygens (including phenoxy) is 1. The number of methoxy groups -OCH3 is 1. The topological polar surface area (TPSA) is 75.9 Å². The maximum absolute atomic E-state index is 11.9. The highest BCUT2D eigenvalue weighted by atomic mass is 16.5. The van der Waals surface area contributed by atoms with Crippen molar-refractivity contribution in [1.82, 2.24) is 4.90 Å². The van der Waals surface area contributed by atoms with Crippen molar-refractivity contribution in [3.8, 4) is 0 Å². The molecule has 1 heterocycles. The van der Waals surface area contributed by atoms with Crippen LogP contribution in [-0.4, -0.2) is 50.6 Å². The van der Waals surface area contributed by atoms with Crippen LogP contribution in [0.15, 0.2) is 18.2 Å². The number of nitrogen functional groups attached to an aromatic ring is 1. The van der Waals surface area contributed by atoms with Crippen LogP contribution in [0.4, 0.5) is 11.4 Å². The molecule has 0 bridgehead atoms. The largest absolute Gasteiger partial charge is 0.465 e. The molecule has 1 fully saturated rings. The number of carbonyl (C=O) groups excluding carboxylic acids is 2. The molecule has 1 saturated heterocycles. The van der Waals surface area contributed by atoms with E-state index in [2.05, 4.69) is 0 Å². The van der Waals surface area contributed by atoms with Gasteiger partial charge in [-0.1, -0.05) is 6.07 Å². The quantitative estimate of drug-likeness (QED) is 0.637. The summed E-state index contributed by atoms with van der Waals surface area (Å²) >= 11 is 0. The lowest BCUT2D eigenvalue weighted by molar-refractivity contribution is -0.127. The molecule has 6 nitrogen and oxygen atoms in total. The predicted octanol–water partition coefficient (Wildman–Crippen LogP) is 0.724. The van der Waals surface area contributed by atoms with Crippen LogP contribution >= 0.6 is 0 Å². The Hall–Kier alpha value is -2.24. The minimum absolute atomic E-state index is 0.0466. The Morgan fingerprint density at radius 3 is 2.80 bits per heavy atom. The van der Waals surface area contributed by atoms with Gasteiger partial charge in [0, 0.05) is 20.1 Å². The maximum atomic E-state index is 11.9. The number of esters is 1. The number of hydrogen-bond acceptors (Lipinski definition) is 5. The van der Waals surface area contributed by atoms with Crippen molar-refractivity contribution in [2.45, 2.75) is 6.42 Å². The molecule has 1 aliphatic rings. The fraction of sp³-hybridized carbons (Fsp3) is 0.429. The van der Waals surface area contributed by atoms with Crippen LogP contribution in [-0.2, 0) is 9.53 Å². The molecule has 2 rings (SSSR count). The van der Waals surface area contributed by atoms with Crippen molar-refractivity contribution in [2.75, 3.05) is 44.4 Å². The van der Waals surface area contributed by atoms with E-state index >= 15 is 0 Å². The first-order valence-electron chi connectivity index (χ1n) is 6.50. The minimum atomic E-state index is -0.470. The Morgan fingerprint density at radius 2 is 2.10 bits per heavy atom. The van der Waals surface area contributed by atoms with Crippen molar-refractivity contribution in [3.05, 3.63) is 23.8 Å². The summed E-state index contributed by atoms with van der Waals surface area (Å²) in [4.78, 5) is 27.2. The summed E-state index contributed by atoms with van der Waals surface area (Å²) in [6.07, 6.45) is 0.865. The van der Waals surface area contributed by atoms with Crippen molar-refractivity contribution >= 4 is 23.3 Å². The Bertz CT molecular complexity index is 530. The van der Waals surface area contributed by atoms with Gasteiger partial charge < -0.3 is 20.3 Å². The molecule has 0 spiro atoms. The summed E-state index contributed by atoms with van der Waals surface area (Å²) in [6.45, 7) is 1.72. The van der Waals surface area contributed by atoms with Crippen molar-refractivity contribution in [3.63, 3.8) is 0 Å². The van der Waals surface area contributed by atoms with Crippen LogP contribution < -0.4 is 10.6 Å². The van der Waals surface area contributed by atoms with E-state index < -0.39 is 5.97 Å². The molecule has 2 N–H and O–H groups in total. The first-order valence-corrected chi connectivity index (χ1v) is 6.50. The van der Waals surface area contributed by atoms with Gasteiger partial charge >= 0.3 is 5.97 Å². The van der Waals surface area contributed by atoms with Crippen LogP contribution in [0.3, 0.4) is 0 Å². The number of likely N-dealkylation sites (N-methyl/N-ethyl adjacent to an activating group) is 1. The summed E-state index contributed by atoms with van der Waals surface area (Å²) in [7, 11) is 3.11. The smallest absolute Gasteiger partial charge is 0.340 e. The molecule has 1 aliphatic heterocycles. The average Bonchev–Trinajstić information content (AvgIpc) is 2.60. The van der Waals surface area contributed by atoms with E-state index in [0.29, 0.717) is 16.9 Å². The molecule has 108 valence electrons. The van der Waals surface area contributed by atoms with Crippen LogP contribution in [0.25, 0.3) is 0 Å². The van der Waals surface area contributed by atoms with E-state index in [1.807, 2.05) is 11.0 Å². The molecule has 0 saturated carbocycles. The standard InChI is InChI=1S/C14H19N3O3/c1-16-7-4-8-17(9-12(16)18)11-6-3-5-10(13(11)15)14(19)20-2/h3,5-6H,4,7-9,15H2,1-2H3. The molecule has 6 heteroatoms. The Morgan fingerprint density at radius 1 is 1.35 bits per heavy atom. The Kier molecular flexibility index (Phi) is 4.12. The number of anilines is 2. The molecule has 1 aromatic carbocycles. The van der Waals surface area contributed by atoms with Crippen molar-refractivity contribution in [2.24, 2.45) is 0 Å². The monoisotopic (exact) mass is 277 g/mol. The molecule has 0 aromatic heterocycles. The van der Waals surface area contributed by atoms with E-state index in [0.717, 1.165) is 19.5 Å². The zero-order valence-electron chi connectivity index (χ0n) is 11.8. The molecule has 0 radical (unpaired) electrons. The van der Waals surface area contributed by atoms with Gasteiger partial charge in [-0.05, 0) is 18.6 Å². The summed E-state index contributed by atoms with van der Waals surface area (Å²) in [6, 6.07) is 5.19. The minimum Gasteiger partial charge on any atom is -0.465 e. The zero-order valence-corrected chi connectivity index (χ0v) is 11.8. The molecule has 0 atom stereocenters. The fourth-order valence-electron chi connectivity index (χ4n) is 2.31. The van der Waals surface area contributed by atoms with Crippen molar-refractivity contribution < 1.29 is 14.3 Å². The number of amides is 1. The third-order valence-electron chi connectivity index (χ3n) is 3.50. The molecule has 1 amide bonds. The molecule has 0 unspecified atom stereocenters. The van der Waals surface area contributed by atoms with Gasteiger partial charge in [0.15, 0.2) is 0 Å². The maximum Gasteiger partial charge on any atom is 0.340 e. The van der Waals surface area contributed by atoms with Gasteiger partial charge in [-0.3, -0.25) is 4.79 Å². The second-order valence-corrected chi connectivity index (χ2v) is 4.82. The van der Waals surface area contributed by atoms with Crippen LogP contribution in [0.5, 0.6) is 0 Å². The van der Waals surface area contributed by atoms with Gasteiger partial charge in [-0.15, -0.1) is 0 Å². The number of rotatable bonds is 2. The highest BCUT2D eigenvalue weighted by molar-refractivity contribution is 5.99. The van der Waals surface area contributed by atoms with E-state index in [-0.39, 0.29) is 12.5 Å². The molecule has 0 aliphatic carbocycles. The highest BCUT2D eigenvalue weighted by Gasteiger charge is 2.22. The number of benzene rings is 1. The first-order chi connectivity index (χ1) is 9.54. The van der Waals surface area contributed by atoms with Gasteiger partial charge in [-0.2, -0.15) is 0 Å². The van der Waals surface area contributed by atoms with Gasteiger partial charge in [0.1, 0.15) is 0 Å². The van der Waals surface area contributed by atoms with Crippen LogP contribution in [0.2, 0.25) is 0 Å². The number of carbonyl (C=O) groups is 2. The second kappa shape index (κ2) is 5.81. The average molecular weight is 277 g/mol. The molecular formula is C14H19N3O3. The van der Waals surface area contributed by atoms with E-state index in [1.165, 1.54) is 7.11 Å².